The number of nitrogens with zero attached hydrogens (tertiary/aromatic N) is 1. The molecule has 0 N–H and O–H groups in total. The van der Waals surface area contributed by atoms with E-state index in [4.69, 9.17) is 0 Å². The predicted octanol–water partition coefficient (Wildman–Crippen LogP) is 4.55. The molecule has 2 aromatic rings. The maximum atomic E-state index is 12.0. The number of thiophene rings is 2. The van der Waals surface area contributed by atoms with Gasteiger partial charge < -0.3 is 4.90 Å². The summed E-state index contributed by atoms with van der Waals surface area (Å²) in [4.78, 5) is 15.2. The molecule has 5 heteroatoms. The lowest BCUT2D eigenvalue weighted by Gasteiger charge is -2.16. The Bertz CT molecular complexity index is 521. The van der Waals surface area contributed by atoms with Gasteiger partial charge in [0.2, 0.25) is 5.91 Å². The van der Waals surface area contributed by atoms with Crippen molar-refractivity contribution in [3.05, 3.63) is 43.2 Å². The molecule has 2 nitrogen and oxygen atoms in total. The Labute approximate surface area is 130 Å². The third kappa shape index (κ3) is 4.75. The van der Waals surface area contributed by atoms with E-state index in [0.717, 1.165) is 16.6 Å². The van der Waals surface area contributed by atoms with Crippen molar-refractivity contribution >= 4 is 44.5 Å². The summed E-state index contributed by atoms with van der Waals surface area (Å²) in [6.07, 6.45) is 2.55. The van der Waals surface area contributed by atoms with Crippen LogP contribution < -0.4 is 0 Å². The average Bonchev–Trinajstić information content (AvgIpc) is 3.01. The van der Waals surface area contributed by atoms with Gasteiger partial charge in [-0.1, -0.05) is 6.07 Å². The number of hydrogen-bond donors (Lipinski definition) is 0. The van der Waals surface area contributed by atoms with Crippen molar-refractivity contribution in [2.24, 2.45) is 0 Å². The van der Waals surface area contributed by atoms with E-state index in [1.165, 1.54) is 10.4 Å². The molecule has 102 valence electrons. The molecule has 0 atom stereocenters. The van der Waals surface area contributed by atoms with Crippen LogP contribution in [0, 0.1) is 0 Å². The summed E-state index contributed by atoms with van der Waals surface area (Å²) in [5.41, 5.74) is 1.19. The van der Waals surface area contributed by atoms with Gasteiger partial charge in [-0.2, -0.15) is 0 Å². The maximum Gasteiger partial charge on any atom is 0.222 e. The SMILES string of the molecule is CN(Cc1csc(Br)c1)C(=O)CCCc1cccs1. The highest BCUT2D eigenvalue weighted by molar-refractivity contribution is 9.11. The Hall–Kier alpha value is -0.650. The van der Waals surface area contributed by atoms with Gasteiger partial charge in [0, 0.05) is 24.9 Å². The van der Waals surface area contributed by atoms with Crippen LogP contribution in [0.4, 0.5) is 0 Å². The molecule has 2 heterocycles. The summed E-state index contributed by atoms with van der Waals surface area (Å²) in [6.45, 7) is 0.694. The molecule has 0 aliphatic heterocycles. The van der Waals surface area contributed by atoms with Crippen LogP contribution in [0.25, 0.3) is 0 Å². The number of carbonyl (C=O) groups excluding carboxylic acids is 1. The molecule has 0 radical (unpaired) electrons. The second kappa shape index (κ2) is 7.22. The standard InChI is InChI=1S/C14H16BrNOS2/c1-16(9-11-8-13(15)19-10-11)14(17)6-2-4-12-5-3-7-18-12/h3,5,7-8,10H,2,4,6,9H2,1H3. The van der Waals surface area contributed by atoms with Gasteiger partial charge in [-0.15, -0.1) is 22.7 Å². The van der Waals surface area contributed by atoms with Crippen molar-refractivity contribution < 1.29 is 4.79 Å². The lowest BCUT2D eigenvalue weighted by atomic mass is 10.2. The van der Waals surface area contributed by atoms with Crippen molar-refractivity contribution in [3.8, 4) is 0 Å². The first-order chi connectivity index (χ1) is 9.15. The predicted molar refractivity (Wildman–Crippen MR) is 85.8 cm³/mol. The van der Waals surface area contributed by atoms with Gasteiger partial charge in [0.1, 0.15) is 0 Å². The zero-order chi connectivity index (χ0) is 13.7. The highest BCUT2D eigenvalue weighted by atomic mass is 79.9. The Morgan fingerprint density at radius 2 is 2.26 bits per heavy atom. The molecule has 0 saturated carbocycles. The Morgan fingerprint density at radius 3 is 2.89 bits per heavy atom. The van der Waals surface area contributed by atoms with E-state index in [0.29, 0.717) is 13.0 Å². The Kier molecular flexibility index (Phi) is 5.60. The number of hydrogen-bond acceptors (Lipinski definition) is 3. The second-order valence-electron chi connectivity index (χ2n) is 4.44. The smallest absolute Gasteiger partial charge is 0.222 e. The van der Waals surface area contributed by atoms with Gasteiger partial charge in [0.05, 0.1) is 3.79 Å². The van der Waals surface area contributed by atoms with Crippen LogP contribution in [0.5, 0.6) is 0 Å². The minimum absolute atomic E-state index is 0.221. The van der Waals surface area contributed by atoms with E-state index >= 15 is 0 Å². The molecule has 0 bridgehead atoms. The van der Waals surface area contributed by atoms with E-state index in [9.17, 15) is 4.79 Å². The molecule has 19 heavy (non-hydrogen) atoms. The molecule has 0 aromatic carbocycles. The van der Waals surface area contributed by atoms with E-state index in [1.54, 1.807) is 22.7 Å². The number of aryl methyl sites for hydroxylation is 1. The molecule has 0 aliphatic rings. The quantitative estimate of drug-likeness (QED) is 0.742. The zero-order valence-corrected chi connectivity index (χ0v) is 14.0. The van der Waals surface area contributed by atoms with E-state index in [2.05, 4.69) is 44.9 Å². The minimum atomic E-state index is 0.221. The van der Waals surface area contributed by atoms with Gasteiger partial charge >= 0.3 is 0 Å². The largest absolute Gasteiger partial charge is 0.341 e. The Balaban J connectivity index is 1.73. The molecular formula is C14H16BrNOS2. The van der Waals surface area contributed by atoms with E-state index in [1.807, 2.05) is 11.9 Å². The number of rotatable bonds is 6. The molecular weight excluding hydrogens is 342 g/mol. The van der Waals surface area contributed by atoms with Gasteiger partial charge in [0.15, 0.2) is 0 Å². The van der Waals surface area contributed by atoms with E-state index < -0.39 is 0 Å². The van der Waals surface area contributed by atoms with Crippen molar-refractivity contribution in [2.45, 2.75) is 25.8 Å². The molecule has 0 saturated heterocycles. The topological polar surface area (TPSA) is 20.3 Å². The first kappa shape index (κ1) is 14.8. The molecule has 0 aliphatic carbocycles. The third-order valence-electron chi connectivity index (χ3n) is 2.86. The van der Waals surface area contributed by atoms with Crippen molar-refractivity contribution in [1.82, 2.24) is 4.90 Å². The van der Waals surface area contributed by atoms with Gasteiger partial charge in [-0.3, -0.25) is 4.79 Å². The van der Waals surface area contributed by atoms with Crippen LogP contribution in [0.1, 0.15) is 23.3 Å². The normalized spacial score (nSPS) is 10.6. The van der Waals surface area contributed by atoms with Crippen LogP contribution in [0.3, 0.4) is 0 Å². The highest BCUT2D eigenvalue weighted by Gasteiger charge is 2.10. The van der Waals surface area contributed by atoms with Gasteiger partial charge in [-0.05, 0) is 57.2 Å². The molecule has 1 amide bonds. The van der Waals surface area contributed by atoms with Crippen LogP contribution in [-0.4, -0.2) is 17.9 Å². The van der Waals surface area contributed by atoms with Crippen molar-refractivity contribution in [1.29, 1.82) is 0 Å². The summed E-state index contributed by atoms with van der Waals surface area (Å²) in [5, 5.41) is 4.16. The molecule has 2 aromatic heterocycles. The zero-order valence-electron chi connectivity index (χ0n) is 10.8. The summed E-state index contributed by atoms with van der Waals surface area (Å²) in [7, 11) is 1.87. The first-order valence-electron chi connectivity index (χ1n) is 6.14. The maximum absolute atomic E-state index is 12.0. The molecule has 2 rings (SSSR count). The lowest BCUT2D eigenvalue weighted by molar-refractivity contribution is -0.130. The number of amides is 1. The highest BCUT2D eigenvalue weighted by Crippen LogP contribution is 2.21. The van der Waals surface area contributed by atoms with Crippen molar-refractivity contribution in [2.75, 3.05) is 7.05 Å². The minimum Gasteiger partial charge on any atom is -0.341 e. The Morgan fingerprint density at radius 1 is 1.42 bits per heavy atom. The fourth-order valence-corrected chi connectivity index (χ4v) is 3.80. The number of carbonyl (C=O) groups is 1. The lowest BCUT2D eigenvalue weighted by Crippen LogP contribution is -2.25. The molecule has 0 spiro atoms. The van der Waals surface area contributed by atoms with Gasteiger partial charge in [0.25, 0.3) is 0 Å². The first-order valence-corrected chi connectivity index (χ1v) is 8.69. The summed E-state index contributed by atoms with van der Waals surface area (Å²) < 4.78 is 1.11. The molecule has 0 unspecified atom stereocenters. The monoisotopic (exact) mass is 357 g/mol. The van der Waals surface area contributed by atoms with Crippen LogP contribution in [0.2, 0.25) is 0 Å². The summed E-state index contributed by atoms with van der Waals surface area (Å²) in [5.74, 6) is 0.221. The summed E-state index contributed by atoms with van der Waals surface area (Å²) in [6, 6.07) is 6.25. The second-order valence-corrected chi connectivity index (χ2v) is 7.76. The van der Waals surface area contributed by atoms with Crippen LogP contribution in [0.15, 0.2) is 32.7 Å². The van der Waals surface area contributed by atoms with E-state index in [-0.39, 0.29) is 5.91 Å². The number of halogens is 1. The van der Waals surface area contributed by atoms with Crippen molar-refractivity contribution in [3.63, 3.8) is 0 Å². The van der Waals surface area contributed by atoms with Crippen LogP contribution in [-0.2, 0) is 17.8 Å². The third-order valence-corrected chi connectivity index (χ3v) is 5.35. The fourth-order valence-electron chi connectivity index (χ4n) is 1.85. The average molecular weight is 358 g/mol. The van der Waals surface area contributed by atoms with Gasteiger partial charge in [-0.25, -0.2) is 0 Å². The van der Waals surface area contributed by atoms with Crippen LogP contribution >= 0.6 is 38.6 Å². The fraction of sp³-hybridized carbons (Fsp3) is 0.357. The summed E-state index contributed by atoms with van der Waals surface area (Å²) >= 11 is 6.85. The molecule has 0 fully saturated rings.